The van der Waals surface area contributed by atoms with Crippen LogP contribution in [0.5, 0.6) is 0 Å². The SMILES string of the molecule is CCCN1C(=O)C(=O)/C(=C(/O)c2c[nH]c3ccccc23)C1c1cn(C)c2ccccc12. The molecule has 0 spiro atoms. The third-order valence-electron chi connectivity index (χ3n) is 6.07. The Kier molecular flexibility index (Phi) is 4.43. The second-order valence-corrected chi connectivity index (χ2v) is 7.95. The average molecular weight is 413 g/mol. The molecule has 156 valence electrons. The number of para-hydroxylation sites is 2. The fourth-order valence-corrected chi connectivity index (χ4v) is 4.68. The fourth-order valence-electron chi connectivity index (χ4n) is 4.68. The molecule has 2 aromatic heterocycles. The van der Waals surface area contributed by atoms with Crippen molar-refractivity contribution in [3.63, 3.8) is 0 Å². The number of hydrogen-bond donors (Lipinski definition) is 2. The number of hydrogen-bond acceptors (Lipinski definition) is 3. The van der Waals surface area contributed by atoms with Gasteiger partial charge in [0, 0.05) is 58.9 Å². The van der Waals surface area contributed by atoms with E-state index in [0.717, 1.165) is 27.4 Å². The summed E-state index contributed by atoms with van der Waals surface area (Å²) in [7, 11) is 1.94. The minimum absolute atomic E-state index is 0.138. The van der Waals surface area contributed by atoms with Crippen molar-refractivity contribution in [3.05, 3.63) is 77.6 Å². The highest BCUT2D eigenvalue weighted by Gasteiger charge is 2.46. The topological polar surface area (TPSA) is 78.3 Å². The van der Waals surface area contributed by atoms with Gasteiger partial charge < -0.3 is 19.6 Å². The van der Waals surface area contributed by atoms with E-state index in [1.807, 2.05) is 73.3 Å². The molecule has 1 aliphatic heterocycles. The van der Waals surface area contributed by atoms with Crippen molar-refractivity contribution in [1.29, 1.82) is 0 Å². The Hall–Kier alpha value is -3.80. The van der Waals surface area contributed by atoms with E-state index < -0.39 is 17.7 Å². The van der Waals surface area contributed by atoms with Crippen molar-refractivity contribution in [3.8, 4) is 0 Å². The molecule has 0 saturated carbocycles. The Bertz CT molecular complexity index is 1380. The third kappa shape index (κ3) is 2.79. The number of aromatic nitrogens is 2. The molecular formula is C25H23N3O3. The van der Waals surface area contributed by atoms with E-state index in [9.17, 15) is 14.7 Å². The number of nitrogens with zero attached hydrogens (tertiary/aromatic N) is 2. The van der Waals surface area contributed by atoms with Crippen molar-refractivity contribution in [2.24, 2.45) is 7.05 Å². The predicted octanol–water partition coefficient (Wildman–Crippen LogP) is 4.49. The number of aliphatic hydroxyl groups is 1. The standard InChI is InChI=1S/C25H23N3O3/c1-3-12-28-22(18-14-27(2)20-11-7-5-9-16(18)20)21(24(30)25(28)31)23(29)17-13-26-19-10-6-4-8-15(17)19/h4-11,13-14,22,26,29H,3,12H2,1-2H3/b23-21+. The first-order chi connectivity index (χ1) is 15.0. The predicted molar refractivity (Wildman–Crippen MR) is 121 cm³/mol. The Balaban J connectivity index is 1.79. The number of benzene rings is 2. The number of carbonyl (C=O) groups excluding carboxylic acids is 2. The lowest BCUT2D eigenvalue weighted by atomic mass is 9.94. The lowest BCUT2D eigenvalue weighted by molar-refractivity contribution is -0.139. The minimum Gasteiger partial charge on any atom is -0.507 e. The van der Waals surface area contributed by atoms with Gasteiger partial charge in [0.25, 0.3) is 11.7 Å². The van der Waals surface area contributed by atoms with Gasteiger partial charge in [-0.05, 0) is 18.6 Å². The zero-order valence-electron chi connectivity index (χ0n) is 17.4. The van der Waals surface area contributed by atoms with Crippen LogP contribution in [-0.2, 0) is 16.6 Å². The molecule has 1 aliphatic rings. The lowest BCUT2D eigenvalue weighted by Gasteiger charge is -2.24. The summed E-state index contributed by atoms with van der Waals surface area (Å²) in [5.41, 5.74) is 3.36. The third-order valence-corrected chi connectivity index (χ3v) is 6.07. The van der Waals surface area contributed by atoms with Gasteiger partial charge in [-0.2, -0.15) is 0 Å². The van der Waals surface area contributed by atoms with Gasteiger partial charge in [-0.15, -0.1) is 0 Å². The second-order valence-electron chi connectivity index (χ2n) is 7.95. The maximum Gasteiger partial charge on any atom is 0.295 e. The first-order valence-electron chi connectivity index (χ1n) is 10.4. The van der Waals surface area contributed by atoms with Crippen LogP contribution >= 0.6 is 0 Å². The van der Waals surface area contributed by atoms with E-state index in [4.69, 9.17) is 0 Å². The zero-order valence-corrected chi connectivity index (χ0v) is 17.4. The Morgan fingerprint density at radius 2 is 1.77 bits per heavy atom. The average Bonchev–Trinajstić information content (AvgIpc) is 3.43. The van der Waals surface area contributed by atoms with E-state index in [0.29, 0.717) is 18.5 Å². The molecule has 2 aromatic carbocycles. The molecule has 4 aromatic rings. The van der Waals surface area contributed by atoms with Crippen LogP contribution in [0.25, 0.3) is 27.6 Å². The van der Waals surface area contributed by atoms with Crippen LogP contribution < -0.4 is 0 Å². The van der Waals surface area contributed by atoms with Crippen LogP contribution in [0.3, 0.4) is 0 Å². The lowest BCUT2D eigenvalue weighted by Crippen LogP contribution is -2.30. The van der Waals surface area contributed by atoms with Crippen LogP contribution in [0.4, 0.5) is 0 Å². The number of rotatable bonds is 4. The van der Waals surface area contributed by atoms with Crippen LogP contribution in [-0.4, -0.2) is 37.8 Å². The quantitative estimate of drug-likeness (QED) is 0.294. The molecule has 31 heavy (non-hydrogen) atoms. The van der Waals surface area contributed by atoms with E-state index in [1.54, 1.807) is 11.1 Å². The maximum absolute atomic E-state index is 13.2. The molecule has 1 unspecified atom stereocenters. The monoisotopic (exact) mass is 413 g/mol. The number of aryl methyl sites for hydroxylation is 1. The number of fused-ring (bicyclic) bond motifs is 2. The van der Waals surface area contributed by atoms with Crippen LogP contribution in [0, 0.1) is 0 Å². The summed E-state index contributed by atoms with van der Waals surface area (Å²) in [4.78, 5) is 30.9. The minimum atomic E-state index is -0.644. The van der Waals surface area contributed by atoms with Gasteiger partial charge >= 0.3 is 0 Å². The van der Waals surface area contributed by atoms with Gasteiger partial charge in [0.05, 0.1) is 11.6 Å². The van der Waals surface area contributed by atoms with Crippen molar-refractivity contribution >= 4 is 39.3 Å². The fraction of sp³-hybridized carbons (Fsp3) is 0.200. The van der Waals surface area contributed by atoms with E-state index in [-0.39, 0.29) is 11.3 Å². The first kappa shape index (κ1) is 19.2. The highest BCUT2D eigenvalue weighted by molar-refractivity contribution is 6.46. The molecule has 6 heteroatoms. The molecule has 0 radical (unpaired) electrons. The van der Waals surface area contributed by atoms with Gasteiger partial charge in [-0.3, -0.25) is 9.59 Å². The Labute approximate surface area is 179 Å². The molecule has 5 rings (SSSR count). The van der Waals surface area contributed by atoms with Gasteiger partial charge in [-0.25, -0.2) is 0 Å². The highest BCUT2D eigenvalue weighted by atomic mass is 16.3. The zero-order chi connectivity index (χ0) is 21.7. The number of aliphatic hydroxyl groups excluding tert-OH is 1. The maximum atomic E-state index is 13.2. The number of Topliss-reactive ketones (excluding diaryl/α,β-unsaturated/α-hetero) is 1. The summed E-state index contributed by atoms with van der Waals surface area (Å²) in [5, 5.41) is 13.1. The molecule has 3 heterocycles. The molecule has 0 bridgehead atoms. The van der Waals surface area contributed by atoms with Crippen molar-refractivity contribution in [2.75, 3.05) is 6.54 Å². The van der Waals surface area contributed by atoms with E-state index >= 15 is 0 Å². The summed E-state index contributed by atoms with van der Waals surface area (Å²) in [6.45, 7) is 2.41. The van der Waals surface area contributed by atoms with Crippen LogP contribution in [0.2, 0.25) is 0 Å². The van der Waals surface area contributed by atoms with Gasteiger partial charge in [0.15, 0.2) is 0 Å². The second kappa shape index (κ2) is 7.16. The molecule has 0 aliphatic carbocycles. The first-order valence-corrected chi connectivity index (χ1v) is 10.4. The van der Waals surface area contributed by atoms with Crippen LogP contribution in [0.15, 0.2) is 66.5 Å². The molecule has 2 N–H and O–H groups in total. The number of aromatic amines is 1. The van der Waals surface area contributed by atoms with Crippen molar-refractivity contribution in [2.45, 2.75) is 19.4 Å². The summed E-state index contributed by atoms with van der Waals surface area (Å²) < 4.78 is 1.99. The van der Waals surface area contributed by atoms with E-state index in [1.165, 1.54) is 0 Å². The summed E-state index contributed by atoms with van der Waals surface area (Å²) >= 11 is 0. The van der Waals surface area contributed by atoms with E-state index in [2.05, 4.69) is 4.98 Å². The number of H-pyrrole nitrogens is 1. The summed E-state index contributed by atoms with van der Waals surface area (Å²) in [5.74, 6) is -1.36. The number of ketones is 1. The Morgan fingerprint density at radius 3 is 2.55 bits per heavy atom. The van der Waals surface area contributed by atoms with Crippen molar-refractivity contribution < 1.29 is 14.7 Å². The number of likely N-dealkylation sites (tertiary alicyclic amines) is 1. The molecule has 1 fully saturated rings. The van der Waals surface area contributed by atoms with Gasteiger partial charge in [0.1, 0.15) is 5.76 Å². The Morgan fingerprint density at radius 1 is 1.06 bits per heavy atom. The largest absolute Gasteiger partial charge is 0.507 e. The van der Waals surface area contributed by atoms with Gasteiger partial charge in [0.2, 0.25) is 0 Å². The van der Waals surface area contributed by atoms with Crippen LogP contribution in [0.1, 0.15) is 30.5 Å². The summed E-state index contributed by atoms with van der Waals surface area (Å²) in [6, 6.07) is 14.8. The molecule has 1 saturated heterocycles. The molecular weight excluding hydrogens is 390 g/mol. The highest BCUT2D eigenvalue weighted by Crippen LogP contribution is 2.43. The summed E-state index contributed by atoms with van der Waals surface area (Å²) in [6.07, 6.45) is 4.35. The smallest absolute Gasteiger partial charge is 0.295 e. The number of amides is 1. The molecule has 1 amide bonds. The van der Waals surface area contributed by atoms with Crippen molar-refractivity contribution in [1.82, 2.24) is 14.5 Å². The molecule has 1 atom stereocenters. The number of carbonyl (C=O) groups is 2. The normalized spacial score (nSPS) is 18.5. The van der Waals surface area contributed by atoms with Gasteiger partial charge in [-0.1, -0.05) is 43.3 Å². The molecule has 6 nitrogen and oxygen atoms in total. The number of nitrogens with one attached hydrogen (secondary N) is 1.